The number of hydrogen-bond donors (Lipinski definition) is 1. The van der Waals surface area contributed by atoms with Crippen LogP contribution in [0.3, 0.4) is 0 Å². The average Bonchev–Trinajstić information content (AvgIpc) is 3.14. The highest BCUT2D eigenvalue weighted by atomic mass is 16.5. The van der Waals surface area contributed by atoms with Crippen molar-refractivity contribution in [2.24, 2.45) is 0 Å². The minimum Gasteiger partial charge on any atom is -0.354 e. The number of aryl methyl sites for hydroxylation is 1. The van der Waals surface area contributed by atoms with E-state index in [1.807, 2.05) is 55.5 Å². The Morgan fingerprint density at radius 1 is 0.880 bits per heavy atom. The summed E-state index contributed by atoms with van der Waals surface area (Å²) in [6.07, 6.45) is 5.25. The molecule has 4 aromatic rings. The van der Waals surface area contributed by atoms with Crippen LogP contribution in [0.5, 0.6) is 0 Å². The van der Waals surface area contributed by atoms with Gasteiger partial charge in [0.25, 0.3) is 5.89 Å². The van der Waals surface area contributed by atoms with Crippen LogP contribution in [0.1, 0.15) is 5.69 Å². The highest BCUT2D eigenvalue weighted by Gasteiger charge is 2.10. The fraction of sp³-hybridized carbons (Fsp3) is 0.0526. The molecule has 0 bridgehead atoms. The molecular weight excluding hydrogens is 314 g/mol. The van der Waals surface area contributed by atoms with Gasteiger partial charge in [0.2, 0.25) is 5.82 Å². The zero-order valence-corrected chi connectivity index (χ0v) is 13.5. The van der Waals surface area contributed by atoms with Crippen LogP contribution in [0.25, 0.3) is 22.8 Å². The molecule has 1 aromatic carbocycles. The Morgan fingerprint density at radius 2 is 1.72 bits per heavy atom. The quantitative estimate of drug-likeness (QED) is 0.603. The number of benzene rings is 1. The van der Waals surface area contributed by atoms with Crippen molar-refractivity contribution < 1.29 is 4.52 Å². The summed E-state index contributed by atoms with van der Waals surface area (Å²) >= 11 is 0. The van der Waals surface area contributed by atoms with E-state index in [4.69, 9.17) is 4.52 Å². The Morgan fingerprint density at radius 3 is 2.44 bits per heavy atom. The number of rotatable bonds is 4. The average molecular weight is 329 g/mol. The largest absolute Gasteiger partial charge is 0.354 e. The lowest BCUT2D eigenvalue weighted by Gasteiger charge is -2.05. The van der Waals surface area contributed by atoms with Gasteiger partial charge in [-0.1, -0.05) is 5.16 Å². The molecule has 0 aliphatic rings. The van der Waals surface area contributed by atoms with Crippen molar-refractivity contribution in [2.45, 2.75) is 6.92 Å². The van der Waals surface area contributed by atoms with Crippen LogP contribution < -0.4 is 5.32 Å². The van der Waals surface area contributed by atoms with E-state index >= 15 is 0 Å². The third-order valence-electron chi connectivity index (χ3n) is 3.68. The number of pyridine rings is 2. The summed E-state index contributed by atoms with van der Waals surface area (Å²) in [7, 11) is 0. The molecule has 0 amide bonds. The van der Waals surface area contributed by atoms with E-state index in [0.717, 1.165) is 28.2 Å². The lowest BCUT2D eigenvalue weighted by atomic mass is 10.2. The predicted octanol–water partition coefficient (Wildman–Crippen LogP) is 4.25. The Kier molecular flexibility index (Phi) is 3.92. The van der Waals surface area contributed by atoms with Crippen LogP contribution in [-0.4, -0.2) is 20.1 Å². The molecule has 0 fully saturated rings. The smallest absolute Gasteiger partial charge is 0.258 e. The Labute approximate surface area is 144 Å². The number of nitrogens with one attached hydrogen (secondary N) is 1. The van der Waals surface area contributed by atoms with Crippen LogP contribution in [-0.2, 0) is 0 Å². The summed E-state index contributed by atoms with van der Waals surface area (Å²) < 4.78 is 5.37. The molecule has 0 spiro atoms. The summed E-state index contributed by atoms with van der Waals surface area (Å²) in [5, 5.41) is 7.31. The molecule has 0 radical (unpaired) electrons. The monoisotopic (exact) mass is 329 g/mol. The van der Waals surface area contributed by atoms with E-state index in [2.05, 4.69) is 25.4 Å². The second-order valence-electron chi connectivity index (χ2n) is 5.56. The van der Waals surface area contributed by atoms with Crippen molar-refractivity contribution in [3.63, 3.8) is 0 Å². The van der Waals surface area contributed by atoms with E-state index in [9.17, 15) is 0 Å². The zero-order valence-electron chi connectivity index (χ0n) is 13.5. The lowest BCUT2D eigenvalue weighted by Crippen LogP contribution is -1.90. The Hall–Kier alpha value is -3.54. The molecule has 3 heterocycles. The molecule has 122 valence electrons. The van der Waals surface area contributed by atoms with Crippen LogP contribution >= 0.6 is 0 Å². The standard InChI is InChI=1S/C19H15N5O/c1-13-4-5-15(11-21-13)18-23-19(25-24-18)14-6-8-16(9-7-14)22-17-3-2-10-20-12-17/h2-12,22H,1H3. The van der Waals surface area contributed by atoms with Gasteiger partial charge in [-0.25, -0.2) is 0 Å². The van der Waals surface area contributed by atoms with Crippen LogP contribution in [0.2, 0.25) is 0 Å². The molecule has 0 atom stereocenters. The molecule has 25 heavy (non-hydrogen) atoms. The minimum atomic E-state index is 0.475. The maximum atomic E-state index is 5.37. The first-order chi connectivity index (χ1) is 12.3. The first-order valence-electron chi connectivity index (χ1n) is 7.82. The number of hydrogen-bond acceptors (Lipinski definition) is 6. The highest BCUT2D eigenvalue weighted by molar-refractivity contribution is 5.64. The van der Waals surface area contributed by atoms with E-state index in [-0.39, 0.29) is 0 Å². The van der Waals surface area contributed by atoms with Crippen molar-refractivity contribution in [2.75, 3.05) is 5.32 Å². The van der Waals surface area contributed by atoms with Gasteiger partial charge >= 0.3 is 0 Å². The molecule has 6 heteroatoms. The number of aromatic nitrogens is 4. The summed E-state index contributed by atoms with van der Waals surface area (Å²) in [5.74, 6) is 1.00. The van der Waals surface area contributed by atoms with Crippen LogP contribution in [0.15, 0.2) is 71.6 Å². The molecule has 3 aromatic heterocycles. The van der Waals surface area contributed by atoms with Gasteiger partial charge in [0, 0.05) is 34.9 Å². The van der Waals surface area contributed by atoms with Gasteiger partial charge in [-0.2, -0.15) is 4.98 Å². The van der Waals surface area contributed by atoms with Gasteiger partial charge < -0.3 is 9.84 Å². The summed E-state index contributed by atoms with van der Waals surface area (Å²) in [6, 6.07) is 15.5. The van der Waals surface area contributed by atoms with Gasteiger partial charge in [0.1, 0.15) is 0 Å². The molecule has 0 aliphatic heterocycles. The topological polar surface area (TPSA) is 76.7 Å². The molecular formula is C19H15N5O. The van der Waals surface area contributed by atoms with Gasteiger partial charge in [-0.05, 0) is 55.5 Å². The van der Waals surface area contributed by atoms with Gasteiger partial charge in [-0.3, -0.25) is 9.97 Å². The SMILES string of the molecule is Cc1ccc(-c2noc(-c3ccc(Nc4cccnc4)cc3)n2)cn1. The maximum Gasteiger partial charge on any atom is 0.258 e. The normalized spacial score (nSPS) is 10.6. The molecule has 6 nitrogen and oxygen atoms in total. The van der Waals surface area contributed by atoms with Crippen LogP contribution in [0, 0.1) is 6.92 Å². The third-order valence-corrected chi connectivity index (χ3v) is 3.68. The molecule has 0 aliphatic carbocycles. The fourth-order valence-electron chi connectivity index (χ4n) is 2.36. The lowest BCUT2D eigenvalue weighted by molar-refractivity contribution is 0.432. The van der Waals surface area contributed by atoms with Crippen molar-refractivity contribution >= 4 is 11.4 Å². The molecule has 0 saturated heterocycles. The van der Waals surface area contributed by atoms with E-state index in [1.165, 1.54) is 0 Å². The van der Waals surface area contributed by atoms with Gasteiger partial charge in [0.05, 0.1) is 11.9 Å². The summed E-state index contributed by atoms with van der Waals surface area (Å²) in [6.45, 7) is 1.94. The molecule has 1 N–H and O–H groups in total. The third kappa shape index (κ3) is 3.37. The second-order valence-corrected chi connectivity index (χ2v) is 5.56. The first-order valence-corrected chi connectivity index (χ1v) is 7.82. The van der Waals surface area contributed by atoms with Crippen molar-refractivity contribution in [1.82, 2.24) is 20.1 Å². The fourth-order valence-corrected chi connectivity index (χ4v) is 2.36. The minimum absolute atomic E-state index is 0.475. The van der Waals surface area contributed by atoms with Gasteiger partial charge in [0.15, 0.2) is 0 Å². The van der Waals surface area contributed by atoms with E-state index < -0.39 is 0 Å². The summed E-state index contributed by atoms with van der Waals surface area (Å²) in [5.41, 5.74) is 4.52. The summed E-state index contributed by atoms with van der Waals surface area (Å²) in [4.78, 5) is 12.8. The highest BCUT2D eigenvalue weighted by Crippen LogP contribution is 2.24. The molecule has 4 rings (SSSR count). The van der Waals surface area contributed by atoms with Gasteiger partial charge in [-0.15, -0.1) is 0 Å². The molecule has 0 saturated carbocycles. The van der Waals surface area contributed by atoms with Crippen molar-refractivity contribution in [3.8, 4) is 22.8 Å². The van der Waals surface area contributed by atoms with E-state index in [1.54, 1.807) is 18.6 Å². The molecule has 0 unspecified atom stereocenters. The van der Waals surface area contributed by atoms with Crippen molar-refractivity contribution in [1.29, 1.82) is 0 Å². The maximum absolute atomic E-state index is 5.37. The van der Waals surface area contributed by atoms with Crippen molar-refractivity contribution in [3.05, 3.63) is 72.8 Å². The Balaban J connectivity index is 1.53. The van der Waals surface area contributed by atoms with E-state index in [0.29, 0.717) is 11.7 Å². The number of nitrogens with zero attached hydrogens (tertiary/aromatic N) is 4. The zero-order chi connectivity index (χ0) is 17.1. The second kappa shape index (κ2) is 6.52. The number of anilines is 2. The van der Waals surface area contributed by atoms with Crippen LogP contribution in [0.4, 0.5) is 11.4 Å². The predicted molar refractivity (Wildman–Crippen MR) is 95.2 cm³/mol. The first kappa shape index (κ1) is 15.0. The Bertz CT molecular complexity index is 963.